The quantitative estimate of drug-likeness (QED) is 0.511. The number of non-ortho nitro benzene ring substituents is 1. The highest BCUT2D eigenvalue weighted by molar-refractivity contribution is 9.10. The minimum atomic E-state index is -0.480. The molecule has 0 atom stereocenters. The van der Waals surface area contributed by atoms with Crippen molar-refractivity contribution in [2.45, 2.75) is 6.92 Å². The van der Waals surface area contributed by atoms with E-state index < -0.39 is 4.92 Å². The summed E-state index contributed by atoms with van der Waals surface area (Å²) in [5, 5.41) is 13.1. The predicted octanol–water partition coefficient (Wildman–Crippen LogP) is 1.87. The summed E-state index contributed by atoms with van der Waals surface area (Å²) in [6.07, 6.45) is 0. The van der Waals surface area contributed by atoms with Gasteiger partial charge in [-0.05, 0) is 22.0 Å². The number of nitro benzene ring substituents is 1. The molecule has 0 saturated heterocycles. The average Bonchev–Trinajstić information content (AvgIpc) is 2.25. The minimum absolute atomic E-state index is 0.00825. The second-order valence-corrected chi connectivity index (χ2v) is 4.06. The monoisotopic (exact) mass is 302 g/mol. The Morgan fingerprint density at radius 2 is 2.29 bits per heavy atom. The second-order valence-electron chi connectivity index (χ2n) is 3.20. The van der Waals surface area contributed by atoms with Gasteiger partial charge in [0.2, 0.25) is 5.91 Å². The van der Waals surface area contributed by atoms with Crippen molar-refractivity contribution >= 4 is 27.5 Å². The van der Waals surface area contributed by atoms with Gasteiger partial charge in [0.1, 0.15) is 12.4 Å². The molecule has 0 aliphatic rings. The Morgan fingerprint density at radius 3 is 2.82 bits per heavy atom. The van der Waals surface area contributed by atoms with Crippen molar-refractivity contribution in [2.24, 2.45) is 0 Å². The molecule has 0 bridgehead atoms. The van der Waals surface area contributed by atoms with Crippen LogP contribution in [0.25, 0.3) is 0 Å². The van der Waals surface area contributed by atoms with E-state index in [1.165, 1.54) is 25.1 Å². The Balaban J connectivity index is 2.54. The maximum Gasteiger partial charge on any atom is 0.270 e. The van der Waals surface area contributed by atoms with Crippen LogP contribution in [-0.2, 0) is 4.79 Å². The van der Waals surface area contributed by atoms with E-state index >= 15 is 0 Å². The van der Waals surface area contributed by atoms with Crippen LogP contribution in [-0.4, -0.2) is 24.0 Å². The number of amides is 1. The van der Waals surface area contributed by atoms with Crippen LogP contribution in [0.2, 0.25) is 0 Å². The molecule has 17 heavy (non-hydrogen) atoms. The molecule has 0 saturated carbocycles. The fourth-order valence-corrected chi connectivity index (χ4v) is 1.59. The van der Waals surface area contributed by atoms with Gasteiger partial charge in [0.25, 0.3) is 5.69 Å². The molecule has 1 N–H and O–H groups in total. The van der Waals surface area contributed by atoms with Gasteiger partial charge in [-0.15, -0.1) is 0 Å². The average molecular weight is 303 g/mol. The first-order chi connectivity index (χ1) is 8.00. The maximum absolute atomic E-state index is 10.6. The van der Waals surface area contributed by atoms with Crippen LogP contribution in [0.1, 0.15) is 6.92 Å². The molecule has 1 rings (SSSR count). The molecule has 0 fully saturated rings. The number of hydrogen-bond acceptors (Lipinski definition) is 4. The normalized spacial score (nSPS) is 9.76. The van der Waals surface area contributed by atoms with Gasteiger partial charge in [-0.25, -0.2) is 0 Å². The number of carbonyl (C=O) groups is 1. The van der Waals surface area contributed by atoms with E-state index in [1.807, 2.05) is 0 Å². The fourth-order valence-electron chi connectivity index (χ4n) is 1.11. The van der Waals surface area contributed by atoms with E-state index in [1.54, 1.807) is 0 Å². The number of rotatable bonds is 5. The van der Waals surface area contributed by atoms with Gasteiger partial charge >= 0.3 is 0 Å². The zero-order valence-electron chi connectivity index (χ0n) is 9.10. The van der Waals surface area contributed by atoms with Crippen molar-refractivity contribution in [3.05, 3.63) is 32.8 Å². The number of ether oxygens (including phenoxy) is 1. The Morgan fingerprint density at radius 1 is 1.59 bits per heavy atom. The number of nitro groups is 1. The van der Waals surface area contributed by atoms with Gasteiger partial charge < -0.3 is 10.1 Å². The lowest BCUT2D eigenvalue weighted by Gasteiger charge is -2.08. The van der Waals surface area contributed by atoms with Crippen LogP contribution in [0.4, 0.5) is 5.69 Å². The molecule has 1 aromatic rings. The van der Waals surface area contributed by atoms with Crippen molar-refractivity contribution in [2.75, 3.05) is 13.2 Å². The molecule has 0 aromatic heterocycles. The minimum Gasteiger partial charge on any atom is -0.491 e. The summed E-state index contributed by atoms with van der Waals surface area (Å²) in [6, 6.07) is 4.24. The first kappa shape index (κ1) is 13.4. The van der Waals surface area contributed by atoms with E-state index in [2.05, 4.69) is 21.2 Å². The van der Waals surface area contributed by atoms with Crippen LogP contribution >= 0.6 is 15.9 Å². The third kappa shape index (κ3) is 4.39. The molecule has 0 aliphatic carbocycles. The maximum atomic E-state index is 10.6. The summed E-state index contributed by atoms with van der Waals surface area (Å²) < 4.78 is 5.85. The molecule has 0 spiro atoms. The molecule has 6 nitrogen and oxygen atoms in total. The summed E-state index contributed by atoms with van der Waals surface area (Å²) in [5.74, 6) is 0.373. The Bertz CT molecular complexity index is 436. The lowest BCUT2D eigenvalue weighted by molar-refractivity contribution is -0.385. The molecule has 7 heteroatoms. The highest BCUT2D eigenvalue weighted by Crippen LogP contribution is 2.28. The fraction of sp³-hybridized carbons (Fsp3) is 0.300. The third-order valence-corrected chi connectivity index (χ3v) is 2.48. The Labute approximate surface area is 106 Å². The zero-order valence-corrected chi connectivity index (χ0v) is 10.7. The molecule has 0 radical (unpaired) electrons. The van der Waals surface area contributed by atoms with Gasteiger partial charge in [0.15, 0.2) is 0 Å². The van der Waals surface area contributed by atoms with Gasteiger partial charge in [0.05, 0.1) is 15.9 Å². The van der Waals surface area contributed by atoms with Crippen molar-refractivity contribution in [1.82, 2.24) is 5.32 Å². The van der Waals surface area contributed by atoms with Crippen LogP contribution in [0.5, 0.6) is 5.75 Å². The first-order valence-electron chi connectivity index (χ1n) is 4.82. The number of halogens is 1. The van der Waals surface area contributed by atoms with Crippen LogP contribution in [0.3, 0.4) is 0 Å². The molecule has 1 amide bonds. The zero-order chi connectivity index (χ0) is 12.8. The highest BCUT2D eigenvalue weighted by Gasteiger charge is 2.09. The standard InChI is InChI=1S/C10H11BrN2O4/c1-7(14)12-4-5-17-10-3-2-8(13(15)16)6-9(10)11/h2-3,6H,4-5H2,1H3,(H,12,14). The highest BCUT2D eigenvalue weighted by atomic mass is 79.9. The molecule has 0 unspecified atom stereocenters. The second kappa shape index (κ2) is 6.19. The topological polar surface area (TPSA) is 81.5 Å². The molecular formula is C10H11BrN2O4. The molecule has 1 aromatic carbocycles. The van der Waals surface area contributed by atoms with E-state index in [4.69, 9.17) is 4.74 Å². The Kier molecular flexibility index (Phi) is 4.89. The summed E-state index contributed by atoms with van der Waals surface area (Å²) in [5.41, 5.74) is -0.00825. The number of nitrogens with one attached hydrogen (secondary N) is 1. The summed E-state index contributed by atoms with van der Waals surface area (Å²) in [7, 11) is 0. The molecular weight excluding hydrogens is 292 g/mol. The number of nitrogens with zero attached hydrogens (tertiary/aromatic N) is 1. The lowest BCUT2D eigenvalue weighted by atomic mass is 10.3. The van der Waals surface area contributed by atoms with Crippen molar-refractivity contribution in [3.8, 4) is 5.75 Å². The third-order valence-electron chi connectivity index (χ3n) is 1.86. The van der Waals surface area contributed by atoms with Gasteiger partial charge in [-0.1, -0.05) is 0 Å². The molecule has 0 aliphatic heterocycles. The number of benzene rings is 1. The largest absolute Gasteiger partial charge is 0.491 e. The molecule has 92 valence electrons. The van der Waals surface area contributed by atoms with Crippen molar-refractivity contribution in [1.29, 1.82) is 0 Å². The number of carbonyl (C=O) groups excluding carboxylic acids is 1. The van der Waals surface area contributed by atoms with E-state index in [0.717, 1.165) is 0 Å². The van der Waals surface area contributed by atoms with E-state index in [9.17, 15) is 14.9 Å². The first-order valence-corrected chi connectivity index (χ1v) is 5.61. The van der Waals surface area contributed by atoms with Crippen molar-refractivity contribution < 1.29 is 14.5 Å². The predicted molar refractivity (Wildman–Crippen MR) is 65.0 cm³/mol. The van der Waals surface area contributed by atoms with Gasteiger partial charge in [-0.3, -0.25) is 14.9 Å². The summed E-state index contributed by atoms with van der Waals surface area (Å²) in [4.78, 5) is 20.6. The SMILES string of the molecule is CC(=O)NCCOc1ccc([N+](=O)[O-])cc1Br. The van der Waals surface area contributed by atoms with E-state index in [-0.39, 0.29) is 11.6 Å². The van der Waals surface area contributed by atoms with E-state index in [0.29, 0.717) is 23.4 Å². The van der Waals surface area contributed by atoms with Gasteiger partial charge in [-0.2, -0.15) is 0 Å². The van der Waals surface area contributed by atoms with Crippen LogP contribution in [0, 0.1) is 10.1 Å². The molecule has 0 heterocycles. The van der Waals surface area contributed by atoms with Crippen LogP contribution < -0.4 is 10.1 Å². The Hall–Kier alpha value is -1.63. The lowest BCUT2D eigenvalue weighted by Crippen LogP contribution is -2.25. The summed E-state index contributed by atoms with van der Waals surface area (Å²) >= 11 is 3.18. The van der Waals surface area contributed by atoms with Crippen LogP contribution in [0.15, 0.2) is 22.7 Å². The number of hydrogen-bond donors (Lipinski definition) is 1. The smallest absolute Gasteiger partial charge is 0.270 e. The van der Waals surface area contributed by atoms with Crippen molar-refractivity contribution in [3.63, 3.8) is 0 Å². The summed E-state index contributed by atoms with van der Waals surface area (Å²) in [6.45, 7) is 2.11. The van der Waals surface area contributed by atoms with Gasteiger partial charge in [0, 0.05) is 19.1 Å².